The van der Waals surface area contributed by atoms with Gasteiger partial charge in [-0.25, -0.2) is 4.39 Å². The fraction of sp³-hybridized carbons (Fsp3) is 0.533. The maximum atomic E-state index is 13.3. The van der Waals surface area contributed by atoms with E-state index in [9.17, 15) is 4.39 Å². The Kier molecular flexibility index (Phi) is 4.20. The molecule has 0 radical (unpaired) electrons. The quantitative estimate of drug-likeness (QED) is 0.651. The molecule has 1 fully saturated rings. The first kappa shape index (κ1) is 14.0. The fourth-order valence-electron chi connectivity index (χ4n) is 2.80. The zero-order valence-electron chi connectivity index (χ0n) is 11.6. The number of amidine groups is 1. The van der Waals surface area contributed by atoms with Crippen molar-refractivity contribution in [2.75, 3.05) is 6.54 Å². The van der Waals surface area contributed by atoms with Crippen LogP contribution in [0.4, 0.5) is 4.39 Å². The van der Waals surface area contributed by atoms with Gasteiger partial charge < -0.3 is 5.73 Å². The van der Waals surface area contributed by atoms with Gasteiger partial charge in [0.1, 0.15) is 11.7 Å². The molecule has 2 rings (SSSR count). The van der Waals surface area contributed by atoms with E-state index < -0.39 is 0 Å². The first-order valence-corrected chi connectivity index (χ1v) is 6.86. The topological polar surface area (TPSA) is 53.1 Å². The SMILES string of the molecule is CC1CCCN(Cc2ccc(F)cc2C(=N)N)C1C. The number of hydrogen-bond acceptors (Lipinski definition) is 2. The minimum Gasteiger partial charge on any atom is -0.384 e. The first-order chi connectivity index (χ1) is 8.99. The molecule has 1 aromatic carbocycles. The number of likely N-dealkylation sites (tertiary alicyclic amines) is 1. The van der Waals surface area contributed by atoms with Crippen molar-refractivity contribution in [2.24, 2.45) is 11.7 Å². The Hall–Kier alpha value is -1.42. The molecule has 3 N–H and O–H groups in total. The Morgan fingerprint density at radius 2 is 2.21 bits per heavy atom. The number of benzene rings is 1. The summed E-state index contributed by atoms with van der Waals surface area (Å²) in [5.41, 5.74) is 7.01. The van der Waals surface area contributed by atoms with Crippen LogP contribution in [0.15, 0.2) is 18.2 Å². The van der Waals surface area contributed by atoms with E-state index in [2.05, 4.69) is 18.7 Å². The van der Waals surface area contributed by atoms with E-state index >= 15 is 0 Å². The molecule has 0 saturated carbocycles. The molecule has 4 heteroatoms. The number of nitrogen functional groups attached to an aromatic ring is 1. The summed E-state index contributed by atoms with van der Waals surface area (Å²) >= 11 is 0. The van der Waals surface area contributed by atoms with Gasteiger partial charge in [0.2, 0.25) is 0 Å². The van der Waals surface area contributed by atoms with Crippen molar-refractivity contribution in [3.05, 3.63) is 35.1 Å². The molecule has 1 heterocycles. The molecular weight excluding hydrogens is 241 g/mol. The molecule has 0 amide bonds. The van der Waals surface area contributed by atoms with Crippen molar-refractivity contribution in [3.63, 3.8) is 0 Å². The van der Waals surface area contributed by atoms with Crippen molar-refractivity contribution in [1.82, 2.24) is 4.90 Å². The maximum Gasteiger partial charge on any atom is 0.123 e. The van der Waals surface area contributed by atoms with Crippen LogP contribution in [0.1, 0.15) is 37.8 Å². The van der Waals surface area contributed by atoms with Gasteiger partial charge in [0, 0.05) is 18.2 Å². The molecule has 2 unspecified atom stereocenters. The van der Waals surface area contributed by atoms with Crippen LogP contribution in [0.3, 0.4) is 0 Å². The van der Waals surface area contributed by atoms with Crippen molar-refractivity contribution in [2.45, 2.75) is 39.3 Å². The first-order valence-electron chi connectivity index (χ1n) is 6.86. The molecule has 19 heavy (non-hydrogen) atoms. The van der Waals surface area contributed by atoms with Crippen molar-refractivity contribution < 1.29 is 4.39 Å². The summed E-state index contributed by atoms with van der Waals surface area (Å²) in [6, 6.07) is 5.06. The Morgan fingerprint density at radius 3 is 2.89 bits per heavy atom. The number of rotatable bonds is 3. The Labute approximate surface area is 114 Å². The molecular formula is C15H22FN3. The molecule has 0 aromatic heterocycles. The molecule has 3 nitrogen and oxygen atoms in total. The van der Waals surface area contributed by atoms with E-state index in [1.165, 1.54) is 25.0 Å². The lowest BCUT2D eigenvalue weighted by atomic mass is 9.91. The molecule has 1 aromatic rings. The van der Waals surface area contributed by atoms with Crippen molar-refractivity contribution >= 4 is 5.84 Å². The van der Waals surface area contributed by atoms with E-state index in [0.29, 0.717) is 17.5 Å². The maximum absolute atomic E-state index is 13.3. The highest BCUT2D eigenvalue weighted by molar-refractivity contribution is 5.96. The Morgan fingerprint density at radius 1 is 1.47 bits per heavy atom. The third-order valence-electron chi connectivity index (χ3n) is 4.24. The van der Waals surface area contributed by atoms with Crippen LogP contribution in [0.5, 0.6) is 0 Å². The zero-order valence-corrected chi connectivity index (χ0v) is 11.6. The second-order valence-electron chi connectivity index (χ2n) is 5.55. The average molecular weight is 263 g/mol. The highest BCUT2D eigenvalue weighted by Gasteiger charge is 2.25. The predicted octanol–water partition coefficient (Wildman–Crippen LogP) is 2.73. The number of piperidine rings is 1. The monoisotopic (exact) mass is 263 g/mol. The summed E-state index contributed by atoms with van der Waals surface area (Å²) in [6.45, 7) is 6.30. The predicted molar refractivity (Wildman–Crippen MR) is 75.7 cm³/mol. The summed E-state index contributed by atoms with van der Waals surface area (Å²) in [6.07, 6.45) is 2.46. The van der Waals surface area contributed by atoms with E-state index in [-0.39, 0.29) is 11.7 Å². The molecule has 0 spiro atoms. The smallest absolute Gasteiger partial charge is 0.123 e. The van der Waals surface area contributed by atoms with Crippen LogP contribution in [0, 0.1) is 17.1 Å². The second-order valence-corrected chi connectivity index (χ2v) is 5.55. The third-order valence-corrected chi connectivity index (χ3v) is 4.24. The molecule has 0 bridgehead atoms. The number of hydrogen-bond donors (Lipinski definition) is 2. The summed E-state index contributed by atoms with van der Waals surface area (Å²) in [4.78, 5) is 2.40. The van der Waals surface area contributed by atoms with Crippen LogP contribution < -0.4 is 5.73 Å². The fourth-order valence-corrected chi connectivity index (χ4v) is 2.80. The summed E-state index contributed by atoms with van der Waals surface area (Å²) < 4.78 is 13.3. The molecule has 1 aliphatic rings. The lowest BCUT2D eigenvalue weighted by Crippen LogP contribution is -2.42. The highest BCUT2D eigenvalue weighted by Crippen LogP contribution is 2.25. The lowest BCUT2D eigenvalue weighted by Gasteiger charge is -2.38. The van der Waals surface area contributed by atoms with Crippen molar-refractivity contribution in [1.29, 1.82) is 5.41 Å². The summed E-state index contributed by atoms with van der Waals surface area (Å²) in [5, 5.41) is 7.57. The van der Waals surface area contributed by atoms with Gasteiger partial charge in [-0.3, -0.25) is 10.3 Å². The van der Waals surface area contributed by atoms with Gasteiger partial charge in [-0.15, -0.1) is 0 Å². The third kappa shape index (κ3) is 3.13. The minimum absolute atomic E-state index is 0.0628. The van der Waals surface area contributed by atoms with E-state index in [0.717, 1.165) is 18.7 Å². The van der Waals surface area contributed by atoms with E-state index in [4.69, 9.17) is 11.1 Å². The van der Waals surface area contributed by atoms with Gasteiger partial charge in [-0.2, -0.15) is 0 Å². The van der Waals surface area contributed by atoms with Gasteiger partial charge in [-0.1, -0.05) is 13.0 Å². The van der Waals surface area contributed by atoms with Gasteiger partial charge >= 0.3 is 0 Å². The number of nitrogens with zero attached hydrogens (tertiary/aromatic N) is 1. The Balaban J connectivity index is 2.21. The molecule has 1 saturated heterocycles. The van der Waals surface area contributed by atoms with Gasteiger partial charge in [0.15, 0.2) is 0 Å². The van der Waals surface area contributed by atoms with Crippen LogP contribution in [-0.4, -0.2) is 23.3 Å². The largest absolute Gasteiger partial charge is 0.384 e. The normalized spacial score (nSPS) is 24.4. The zero-order chi connectivity index (χ0) is 14.0. The lowest BCUT2D eigenvalue weighted by molar-refractivity contribution is 0.106. The van der Waals surface area contributed by atoms with Gasteiger partial charge in [-0.05, 0) is 49.9 Å². The standard InChI is InChI=1S/C15H22FN3/c1-10-4-3-7-19(11(10)2)9-12-5-6-13(16)8-14(12)15(17)18/h5-6,8,10-11H,3-4,7,9H2,1-2H3,(H3,17,18). The second kappa shape index (κ2) is 5.70. The summed E-state index contributed by atoms with van der Waals surface area (Å²) in [5.74, 6) is 0.274. The average Bonchev–Trinajstić information content (AvgIpc) is 2.36. The molecule has 1 aliphatic heterocycles. The molecule has 104 valence electrons. The highest BCUT2D eigenvalue weighted by atomic mass is 19.1. The summed E-state index contributed by atoms with van der Waals surface area (Å²) in [7, 11) is 0. The van der Waals surface area contributed by atoms with Crippen LogP contribution in [0.2, 0.25) is 0 Å². The number of halogens is 1. The number of nitrogens with one attached hydrogen (secondary N) is 1. The molecule has 2 atom stereocenters. The van der Waals surface area contributed by atoms with E-state index in [1.54, 1.807) is 6.07 Å². The minimum atomic E-state index is -0.339. The number of nitrogens with two attached hydrogens (primary N) is 1. The van der Waals surface area contributed by atoms with Gasteiger partial charge in [0.05, 0.1) is 0 Å². The molecule has 0 aliphatic carbocycles. The van der Waals surface area contributed by atoms with E-state index in [1.807, 2.05) is 0 Å². The van der Waals surface area contributed by atoms with Gasteiger partial charge in [0.25, 0.3) is 0 Å². The van der Waals surface area contributed by atoms with Crippen LogP contribution in [0.25, 0.3) is 0 Å². The Bertz CT molecular complexity index is 472. The van der Waals surface area contributed by atoms with Crippen LogP contribution in [-0.2, 0) is 6.54 Å². The van der Waals surface area contributed by atoms with Crippen LogP contribution >= 0.6 is 0 Å². The van der Waals surface area contributed by atoms with Crippen molar-refractivity contribution in [3.8, 4) is 0 Å².